The molecule has 0 amide bonds. The maximum atomic E-state index is 6.62. The van der Waals surface area contributed by atoms with Crippen LogP contribution in [0.15, 0.2) is 258 Å². The SMILES string of the molecule is c1ccc(-c2ccc(-c3cccc4c3ccc3ccccc34)cc2N(c2ccc(-c3ccc4oc5ccccc5c4c3)cc2)c2ccc(-c3cccc4oc5c6ccccc6ccc5c34)cc2)cc1. The van der Waals surface area contributed by atoms with Crippen LogP contribution in [0.3, 0.4) is 0 Å². The van der Waals surface area contributed by atoms with Gasteiger partial charge in [0.1, 0.15) is 22.3 Å². The van der Waals surface area contributed by atoms with Gasteiger partial charge in [-0.3, -0.25) is 0 Å². The molecule has 0 fully saturated rings. The summed E-state index contributed by atoms with van der Waals surface area (Å²) in [6, 6.07) is 89.7. The number of nitrogens with zero attached hydrogens (tertiary/aromatic N) is 1. The molecule has 0 spiro atoms. The standard InChI is InChI=1S/C66H41NO2/c1-2-12-43(13-3-1)53-36-30-48(52-19-10-21-56-51-16-6-4-14-44(51)28-37-57(52)56)41-61(53)67(49-32-24-42(25-33-49)47-31-39-63-60(40-47)58-18-8-9-22-62(58)68-63)50-34-26-46(27-35-50)54-20-11-23-64-65(54)59-38-29-45-15-5-7-17-55(45)66(59)69-64/h1-41H. The van der Waals surface area contributed by atoms with E-state index in [2.05, 4.69) is 241 Å². The first-order valence-electron chi connectivity index (χ1n) is 23.6. The lowest BCUT2D eigenvalue weighted by Crippen LogP contribution is -2.11. The number of hydrogen-bond donors (Lipinski definition) is 0. The van der Waals surface area contributed by atoms with Gasteiger partial charge in [-0.1, -0.05) is 188 Å². The highest BCUT2D eigenvalue weighted by Crippen LogP contribution is 2.46. The minimum absolute atomic E-state index is 0.885. The summed E-state index contributed by atoms with van der Waals surface area (Å²) >= 11 is 0. The van der Waals surface area contributed by atoms with Gasteiger partial charge >= 0.3 is 0 Å². The van der Waals surface area contributed by atoms with Crippen molar-refractivity contribution < 1.29 is 8.83 Å². The average Bonchev–Trinajstić information content (AvgIpc) is 4.00. The molecule has 2 heterocycles. The van der Waals surface area contributed by atoms with Crippen LogP contribution in [0.1, 0.15) is 0 Å². The first-order valence-corrected chi connectivity index (χ1v) is 23.6. The van der Waals surface area contributed by atoms with Gasteiger partial charge in [0.05, 0.1) is 5.69 Å². The predicted molar refractivity (Wildman–Crippen MR) is 290 cm³/mol. The smallest absolute Gasteiger partial charge is 0.143 e. The van der Waals surface area contributed by atoms with Crippen LogP contribution in [-0.4, -0.2) is 0 Å². The number of anilines is 3. The highest BCUT2D eigenvalue weighted by Gasteiger charge is 2.21. The minimum atomic E-state index is 0.885. The van der Waals surface area contributed by atoms with E-state index in [1.807, 2.05) is 12.1 Å². The van der Waals surface area contributed by atoms with Crippen LogP contribution in [0, 0.1) is 0 Å². The largest absolute Gasteiger partial charge is 0.456 e. The summed E-state index contributed by atoms with van der Waals surface area (Å²) in [7, 11) is 0. The second-order valence-electron chi connectivity index (χ2n) is 18.0. The maximum absolute atomic E-state index is 6.62. The molecule has 2 aromatic heterocycles. The van der Waals surface area contributed by atoms with Gasteiger partial charge in [0, 0.05) is 43.9 Å². The lowest BCUT2D eigenvalue weighted by molar-refractivity contribution is 0.669. The van der Waals surface area contributed by atoms with Crippen LogP contribution < -0.4 is 4.90 Å². The summed E-state index contributed by atoms with van der Waals surface area (Å²) in [5.41, 5.74) is 15.9. The van der Waals surface area contributed by atoms with Crippen LogP contribution in [-0.2, 0) is 0 Å². The van der Waals surface area contributed by atoms with E-state index in [-0.39, 0.29) is 0 Å². The maximum Gasteiger partial charge on any atom is 0.143 e. The van der Waals surface area contributed by atoms with Gasteiger partial charge in [0.25, 0.3) is 0 Å². The minimum Gasteiger partial charge on any atom is -0.456 e. The van der Waals surface area contributed by atoms with E-state index in [0.717, 1.165) is 105 Å². The highest BCUT2D eigenvalue weighted by molar-refractivity contribution is 6.19. The van der Waals surface area contributed by atoms with E-state index in [9.17, 15) is 0 Å². The molecule has 0 aliphatic heterocycles. The Bertz CT molecular complexity index is 4290. The second-order valence-corrected chi connectivity index (χ2v) is 18.0. The first-order chi connectivity index (χ1) is 34.2. The van der Waals surface area contributed by atoms with Crippen molar-refractivity contribution in [2.24, 2.45) is 0 Å². The third-order valence-electron chi connectivity index (χ3n) is 14.1. The number of benzene rings is 12. The fraction of sp³-hybridized carbons (Fsp3) is 0. The van der Waals surface area contributed by atoms with Crippen LogP contribution in [0.5, 0.6) is 0 Å². The molecule has 0 aliphatic carbocycles. The number of hydrogen-bond acceptors (Lipinski definition) is 3. The highest BCUT2D eigenvalue weighted by atomic mass is 16.3. The van der Waals surface area contributed by atoms with Crippen LogP contribution in [0.25, 0.3) is 121 Å². The number of fused-ring (bicyclic) bond motifs is 11. The predicted octanol–water partition coefficient (Wildman–Crippen LogP) is 19.1. The summed E-state index contributed by atoms with van der Waals surface area (Å²) in [5.74, 6) is 0. The molecule has 0 bridgehead atoms. The van der Waals surface area contributed by atoms with Gasteiger partial charge in [-0.05, 0) is 127 Å². The zero-order valence-corrected chi connectivity index (χ0v) is 37.4. The quantitative estimate of drug-likeness (QED) is 0.149. The van der Waals surface area contributed by atoms with E-state index >= 15 is 0 Å². The van der Waals surface area contributed by atoms with Crippen LogP contribution >= 0.6 is 0 Å². The van der Waals surface area contributed by atoms with Gasteiger partial charge in [-0.2, -0.15) is 0 Å². The van der Waals surface area contributed by atoms with Crippen LogP contribution in [0.2, 0.25) is 0 Å². The van der Waals surface area contributed by atoms with Crippen molar-refractivity contribution in [3.63, 3.8) is 0 Å². The molecular formula is C66H41NO2. The molecule has 0 N–H and O–H groups in total. The lowest BCUT2D eigenvalue weighted by atomic mass is 9.92. The van der Waals surface area contributed by atoms with Gasteiger partial charge in [0.2, 0.25) is 0 Å². The Balaban J connectivity index is 0.951. The molecular weight excluding hydrogens is 839 g/mol. The molecule has 3 nitrogen and oxygen atoms in total. The van der Waals surface area contributed by atoms with Gasteiger partial charge < -0.3 is 13.7 Å². The first kappa shape index (κ1) is 39.0. The van der Waals surface area contributed by atoms with Crippen molar-refractivity contribution in [2.75, 3.05) is 4.90 Å². The Morgan fingerprint density at radius 1 is 0.261 bits per heavy atom. The Morgan fingerprint density at radius 3 is 1.65 bits per heavy atom. The molecule has 3 heteroatoms. The van der Waals surface area contributed by atoms with E-state index in [0.29, 0.717) is 0 Å². The topological polar surface area (TPSA) is 29.5 Å². The van der Waals surface area contributed by atoms with Gasteiger partial charge in [-0.25, -0.2) is 0 Å². The molecule has 0 aliphatic rings. The van der Waals surface area contributed by atoms with E-state index in [4.69, 9.17) is 8.83 Å². The summed E-state index contributed by atoms with van der Waals surface area (Å²) in [6.45, 7) is 0. The zero-order chi connectivity index (χ0) is 45.4. The van der Waals surface area contributed by atoms with Gasteiger partial charge in [0.15, 0.2) is 0 Å². The Morgan fingerprint density at radius 2 is 0.841 bits per heavy atom. The van der Waals surface area contributed by atoms with E-state index < -0.39 is 0 Å². The van der Waals surface area contributed by atoms with E-state index in [1.165, 1.54) is 32.5 Å². The third kappa shape index (κ3) is 6.43. The molecule has 0 saturated heterocycles. The van der Waals surface area contributed by atoms with Crippen molar-refractivity contribution in [1.82, 2.24) is 0 Å². The Labute approximate surface area is 398 Å². The number of para-hydroxylation sites is 1. The van der Waals surface area contributed by atoms with Crippen molar-refractivity contribution in [3.8, 4) is 44.5 Å². The average molecular weight is 880 g/mol. The van der Waals surface area contributed by atoms with Crippen LogP contribution in [0.4, 0.5) is 17.1 Å². The summed E-state index contributed by atoms with van der Waals surface area (Å²) < 4.78 is 12.8. The van der Waals surface area contributed by atoms with E-state index in [1.54, 1.807) is 0 Å². The summed E-state index contributed by atoms with van der Waals surface area (Å²) in [5, 5.41) is 11.8. The molecule has 322 valence electrons. The molecule has 14 rings (SSSR count). The summed E-state index contributed by atoms with van der Waals surface area (Å²) in [4.78, 5) is 2.42. The molecule has 0 saturated carbocycles. The Kier molecular flexibility index (Phi) is 8.90. The van der Waals surface area contributed by atoms with Crippen molar-refractivity contribution in [3.05, 3.63) is 249 Å². The molecule has 0 radical (unpaired) electrons. The normalized spacial score (nSPS) is 11.8. The second kappa shape index (κ2) is 15.7. The van der Waals surface area contributed by atoms with Crippen molar-refractivity contribution >= 4 is 93.3 Å². The monoisotopic (exact) mass is 879 g/mol. The zero-order valence-electron chi connectivity index (χ0n) is 37.4. The molecule has 0 atom stereocenters. The molecule has 69 heavy (non-hydrogen) atoms. The fourth-order valence-electron chi connectivity index (χ4n) is 10.8. The Hall–Kier alpha value is -9.18. The third-order valence-corrected chi connectivity index (χ3v) is 14.1. The molecule has 14 aromatic rings. The van der Waals surface area contributed by atoms with Crippen molar-refractivity contribution in [1.29, 1.82) is 0 Å². The number of furan rings is 2. The number of rotatable bonds is 7. The molecule has 12 aromatic carbocycles. The fourth-order valence-corrected chi connectivity index (χ4v) is 10.8. The van der Waals surface area contributed by atoms with Crippen molar-refractivity contribution in [2.45, 2.75) is 0 Å². The van der Waals surface area contributed by atoms with Gasteiger partial charge in [-0.15, -0.1) is 0 Å². The lowest BCUT2D eigenvalue weighted by Gasteiger charge is -2.29. The molecule has 0 unspecified atom stereocenters. The summed E-state index contributed by atoms with van der Waals surface area (Å²) in [6.07, 6.45) is 0.